The number of aromatic amines is 1. The third-order valence-corrected chi connectivity index (χ3v) is 2.93. The van der Waals surface area contributed by atoms with Gasteiger partial charge in [0, 0.05) is 12.3 Å². The van der Waals surface area contributed by atoms with Gasteiger partial charge in [-0.25, -0.2) is 4.98 Å². The largest absolute Gasteiger partial charge is 0.460 e. The number of esters is 1. The number of ether oxygens (including phenoxy) is 1. The van der Waals surface area contributed by atoms with Crippen molar-refractivity contribution in [1.82, 2.24) is 15.2 Å². The molecule has 0 saturated heterocycles. The summed E-state index contributed by atoms with van der Waals surface area (Å²) in [6, 6.07) is 0. The number of nitrogens with one attached hydrogen (secondary N) is 1. The zero-order valence-electron chi connectivity index (χ0n) is 10.6. The summed E-state index contributed by atoms with van der Waals surface area (Å²) in [7, 11) is 0. The highest BCUT2D eigenvalue weighted by molar-refractivity contribution is 5.70. The second-order valence-electron chi connectivity index (χ2n) is 5.70. The summed E-state index contributed by atoms with van der Waals surface area (Å²) in [6.07, 6.45) is 4.03. The Bertz CT molecular complexity index is 375. The van der Waals surface area contributed by atoms with Crippen molar-refractivity contribution in [2.75, 3.05) is 0 Å². The van der Waals surface area contributed by atoms with Crippen LogP contribution in [0.25, 0.3) is 0 Å². The van der Waals surface area contributed by atoms with Gasteiger partial charge >= 0.3 is 5.97 Å². The SMILES string of the molecule is CC(C)(C)OC(=O)CC1CC(c2ncn[nH]2)C1. The van der Waals surface area contributed by atoms with Crippen LogP contribution in [0.4, 0.5) is 0 Å². The Hall–Kier alpha value is -1.39. The van der Waals surface area contributed by atoms with Gasteiger partial charge < -0.3 is 4.74 Å². The maximum atomic E-state index is 11.6. The molecule has 0 amide bonds. The molecule has 17 heavy (non-hydrogen) atoms. The third kappa shape index (κ3) is 3.28. The van der Waals surface area contributed by atoms with Crippen molar-refractivity contribution in [3.8, 4) is 0 Å². The average Bonchev–Trinajstić information content (AvgIpc) is 2.59. The maximum Gasteiger partial charge on any atom is 0.306 e. The van der Waals surface area contributed by atoms with Crippen molar-refractivity contribution < 1.29 is 9.53 Å². The van der Waals surface area contributed by atoms with Crippen molar-refractivity contribution in [2.45, 2.75) is 51.6 Å². The van der Waals surface area contributed by atoms with Gasteiger partial charge in [0.05, 0.1) is 0 Å². The van der Waals surface area contributed by atoms with E-state index in [0.29, 0.717) is 18.3 Å². The van der Waals surface area contributed by atoms with E-state index in [1.54, 1.807) is 0 Å². The molecule has 5 nitrogen and oxygen atoms in total. The summed E-state index contributed by atoms with van der Waals surface area (Å²) in [6.45, 7) is 5.68. The van der Waals surface area contributed by atoms with Crippen LogP contribution in [0.15, 0.2) is 6.33 Å². The van der Waals surface area contributed by atoms with Crippen molar-refractivity contribution >= 4 is 5.97 Å². The minimum Gasteiger partial charge on any atom is -0.460 e. The van der Waals surface area contributed by atoms with Crippen molar-refractivity contribution in [1.29, 1.82) is 0 Å². The van der Waals surface area contributed by atoms with Crippen LogP contribution in [-0.4, -0.2) is 26.8 Å². The first-order valence-corrected chi connectivity index (χ1v) is 6.01. The van der Waals surface area contributed by atoms with Gasteiger partial charge in [0.1, 0.15) is 17.8 Å². The molecule has 94 valence electrons. The molecule has 5 heteroatoms. The van der Waals surface area contributed by atoms with Gasteiger partial charge in [-0.3, -0.25) is 9.89 Å². The minimum atomic E-state index is -0.384. The summed E-state index contributed by atoms with van der Waals surface area (Å²) in [5.74, 6) is 1.70. The van der Waals surface area contributed by atoms with Crippen molar-refractivity contribution in [3.05, 3.63) is 12.2 Å². The van der Waals surface area contributed by atoms with Gasteiger partial charge in [0.2, 0.25) is 0 Å². The highest BCUT2D eigenvalue weighted by atomic mass is 16.6. The van der Waals surface area contributed by atoms with Crippen LogP contribution in [0.1, 0.15) is 51.8 Å². The maximum absolute atomic E-state index is 11.6. The number of carbonyl (C=O) groups is 1. The number of hydrogen-bond donors (Lipinski definition) is 1. The first kappa shape index (κ1) is 12.1. The van der Waals surface area contributed by atoms with Crippen LogP contribution >= 0.6 is 0 Å². The predicted octanol–water partition coefficient (Wildman–Crippen LogP) is 2.03. The Morgan fingerprint density at radius 1 is 1.53 bits per heavy atom. The molecule has 0 atom stereocenters. The topological polar surface area (TPSA) is 67.9 Å². The van der Waals surface area contributed by atoms with E-state index >= 15 is 0 Å². The normalized spacial score (nSPS) is 24.2. The fourth-order valence-corrected chi connectivity index (χ4v) is 2.16. The molecule has 0 unspecified atom stereocenters. The Labute approximate surface area is 101 Å². The van der Waals surface area contributed by atoms with Gasteiger partial charge in [-0.05, 0) is 39.5 Å². The van der Waals surface area contributed by atoms with Crippen LogP contribution in [0.5, 0.6) is 0 Å². The van der Waals surface area contributed by atoms with E-state index in [0.717, 1.165) is 18.7 Å². The monoisotopic (exact) mass is 237 g/mol. The van der Waals surface area contributed by atoms with E-state index < -0.39 is 0 Å². The molecule has 1 aliphatic rings. The molecule has 1 heterocycles. The van der Waals surface area contributed by atoms with E-state index in [1.165, 1.54) is 6.33 Å². The van der Waals surface area contributed by atoms with E-state index in [-0.39, 0.29) is 11.6 Å². The first-order chi connectivity index (χ1) is 7.94. The number of hydrogen-bond acceptors (Lipinski definition) is 4. The molecule has 1 fully saturated rings. The molecule has 1 N–H and O–H groups in total. The molecule has 0 spiro atoms. The van der Waals surface area contributed by atoms with Gasteiger partial charge in [-0.1, -0.05) is 0 Å². The zero-order valence-corrected chi connectivity index (χ0v) is 10.6. The molecule has 0 aromatic carbocycles. The summed E-state index contributed by atoms with van der Waals surface area (Å²) in [5, 5.41) is 6.71. The lowest BCUT2D eigenvalue weighted by Gasteiger charge is -2.33. The van der Waals surface area contributed by atoms with E-state index in [9.17, 15) is 4.79 Å². The van der Waals surface area contributed by atoms with E-state index in [1.807, 2.05) is 20.8 Å². The van der Waals surface area contributed by atoms with Crippen LogP contribution < -0.4 is 0 Å². The van der Waals surface area contributed by atoms with Crippen molar-refractivity contribution in [3.63, 3.8) is 0 Å². The highest BCUT2D eigenvalue weighted by Crippen LogP contribution is 2.42. The molecule has 1 aromatic heterocycles. The van der Waals surface area contributed by atoms with Gasteiger partial charge in [0.15, 0.2) is 0 Å². The standard InChI is InChI=1S/C12H19N3O2/c1-12(2,3)17-10(16)6-8-4-9(5-8)11-13-7-14-15-11/h7-9H,4-6H2,1-3H3,(H,13,14,15). The fourth-order valence-electron chi connectivity index (χ4n) is 2.16. The Kier molecular flexibility index (Phi) is 3.17. The molecule has 0 aliphatic heterocycles. The predicted molar refractivity (Wildman–Crippen MR) is 62.3 cm³/mol. The highest BCUT2D eigenvalue weighted by Gasteiger charge is 2.34. The number of carbonyl (C=O) groups excluding carboxylic acids is 1. The summed E-state index contributed by atoms with van der Waals surface area (Å²) in [5.41, 5.74) is -0.384. The van der Waals surface area contributed by atoms with Gasteiger partial charge in [0.25, 0.3) is 0 Å². The van der Waals surface area contributed by atoms with Gasteiger partial charge in [-0.15, -0.1) is 0 Å². The lowest BCUT2D eigenvalue weighted by Crippen LogP contribution is -2.29. The van der Waals surface area contributed by atoms with Crippen molar-refractivity contribution in [2.24, 2.45) is 5.92 Å². The number of nitrogens with zero attached hydrogens (tertiary/aromatic N) is 2. The zero-order chi connectivity index (χ0) is 12.5. The van der Waals surface area contributed by atoms with Crippen LogP contribution in [0, 0.1) is 5.92 Å². The first-order valence-electron chi connectivity index (χ1n) is 6.01. The Morgan fingerprint density at radius 2 is 2.24 bits per heavy atom. The molecule has 1 aliphatic carbocycles. The molecular formula is C12H19N3O2. The molecule has 2 rings (SSSR count). The average molecular weight is 237 g/mol. The quantitative estimate of drug-likeness (QED) is 0.817. The minimum absolute atomic E-state index is 0.0986. The fraction of sp³-hybridized carbons (Fsp3) is 0.750. The van der Waals surface area contributed by atoms with E-state index in [4.69, 9.17) is 4.74 Å². The lowest BCUT2D eigenvalue weighted by atomic mass is 9.73. The smallest absolute Gasteiger partial charge is 0.306 e. The second kappa shape index (κ2) is 4.47. The summed E-state index contributed by atoms with van der Waals surface area (Å²) < 4.78 is 5.30. The van der Waals surface area contributed by atoms with Crippen LogP contribution in [-0.2, 0) is 9.53 Å². The summed E-state index contributed by atoms with van der Waals surface area (Å²) in [4.78, 5) is 15.7. The number of H-pyrrole nitrogens is 1. The van der Waals surface area contributed by atoms with Crippen LogP contribution in [0.3, 0.4) is 0 Å². The summed E-state index contributed by atoms with van der Waals surface area (Å²) >= 11 is 0. The third-order valence-electron chi connectivity index (χ3n) is 2.93. The molecule has 0 bridgehead atoms. The van der Waals surface area contributed by atoms with E-state index in [2.05, 4.69) is 15.2 Å². The number of rotatable bonds is 3. The Morgan fingerprint density at radius 3 is 2.76 bits per heavy atom. The lowest BCUT2D eigenvalue weighted by molar-refractivity contribution is -0.156. The Balaban J connectivity index is 1.72. The molecule has 1 saturated carbocycles. The molecular weight excluding hydrogens is 218 g/mol. The second-order valence-corrected chi connectivity index (χ2v) is 5.70. The molecule has 0 radical (unpaired) electrons. The van der Waals surface area contributed by atoms with Gasteiger partial charge in [-0.2, -0.15) is 5.10 Å². The van der Waals surface area contributed by atoms with Crippen LogP contribution in [0.2, 0.25) is 0 Å². The molecule has 1 aromatic rings. The number of aromatic nitrogens is 3.